The minimum absolute atomic E-state index is 0. The summed E-state index contributed by atoms with van der Waals surface area (Å²) in [6, 6.07) is 29.2. The van der Waals surface area contributed by atoms with Crippen molar-refractivity contribution in [2.24, 2.45) is 11.8 Å². The van der Waals surface area contributed by atoms with Crippen molar-refractivity contribution in [3.8, 4) is 22.4 Å². The van der Waals surface area contributed by atoms with Crippen LogP contribution in [0, 0.1) is 17.9 Å². The van der Waals surface area contributed by atoms with Gasteiger partial charge in [-0.05, 0) is 64.9 Å². The molecule has 1 heterocycles. The number of carbonyl (C=O) groups excluding carboxylic acids is 1. The molecule has 0 fully saturated rings. The van der Waals surface area contributed by atoms with E-state index in [1.165, 1.54) is 39.1 Å². The van der Waals surface area contributed by atoms with Crippen LogP contribution in [-0.4, -0.2) is 20.9 Å². The Balaban J connectivity index is 0.000000249. The molecule has 1 aliphatic rings. The molecule has 1 aliphatic carbocycles. The molecule has 0 atom stereocenters. The average molecular weight is 776 g/mol. The minimum atomic E-state index is -0.187. The fraction of sp³-hybridized carbons (Fsp3) is 0.325. The number of carbonyl (C=O) groups is 1. The summed E-state index contributed by atoms with van der Waals surface area (Å²) < 4.78 is 0. The topological polar surface area (TPSA) is 63.1 Å². The second-order valence-electron chi connectivity index (χ2n) is 12.3. The molecule has 5 heteroatoms. The van der Waals surface area contributed by atoms with Crippen LogP contribution in [0.4, 0.5) is 0 Å². The van der Waals surface area contributed by atoms with Crippen molar-refractivity contribution in [3.05, 3.63) is 108 Å². The first-order valence-electron chi connectivity index (χ1n) is 16.0. The van der Waals surface area contributed by atoms with E-state index in [1.807, 2.05) is 27.7 Å². The maximum Gasteiger partial charge on any atom is 0.162 e. The Kier molecular flexibility index (Phi) is 11.1. The predicted molar refractivity (Wildman–Crippen MR) is 183 cm³/mol. The van der Waals surface area contributed by atoms with Gasteiger partial charge in [0.1, 0.15) is 6.33 Å². The van der Waals surface area contributed by atoms with Crippen LogP contribution in [-0.2, 0) is 30.3 Å². The van der Waals surface area contributed by atoms with Gasteiger partial charge in [-0.3, -0.25) is 9.78 Å². The molecule has 4 aromatic carbocycles. The third kappa shape index (κ3) is 6.66. The zero-order valence-electron chi connectivity index (χ0n) is 27.1. The van der Waals surface area contributed by atoms with Gasteiger partial charge >= 0.3 is 0 Å². The summed E-state index contributed by atoms with van der Waals surface area (Å²) in [4.78, 5) is 21.1. The Labute approximate surface area is 281 Å². The molecule has 1 N–H and O–H groups in total. The fourth-order valence-corrected chi connectivity index (χ4v) is 6.63. The molecule has 1 aromatic heterocycles. The second kappa shape index (κ2) is 14.6. The van der Waals surface area contributed by atoms with Gasteiger partial charge in [-0.15, -0.1) is 23.3 Å². The summed E-state index contributed by atoms with van der Waals surface area (Å²) in [6.45, 7) is 12.7. The maximum absolute atomic E-state index is 11.7. The molecule has 5 aromatic rings. The molecule has 1 radical (unpaired) electrons. The first-order valence-corrected chi connectivity index (χ1v) is 16.0. The molecule has 0 saturated heterocycles. The number of hydrogen-bond donors (Lipinski definition) is 1. The third-order valence-corrected chi connectivity index (χ3v) is 9.31. The molecular weight excluding hydrogens is 733 g/mol. The Morgan fingerprint density at radius 1 is 0.867 bits per heavy atom. The zero-order chi connectivity index (χ0) is 31.4. The molecule has 45 heavy (non-hydrogen) atoms. The van der Waals surface area contributed by atoms with Crippen LogP contribution in [0.3, 0.4) is 0 Å². The van der Waals surface area contributed by atoms with Crippen molar-refractivity contribution < 1.29 is 30.0 Å². The van der Waals surface area contributed by atoms with Gasteiger partial charge in [0.05, 0.1) is 11.3 Å². The second-order valence-corrected chi connectivity index (χ2v) is 12.3. The summed E-state index contributed by atoms with van der Waals surface area (Å²) in [5, 5.41) is 13.4. The Morgan fingerprint density at radius 3 is 2.18 bits per heavy atom. The van der Waals surface area contributed by atoms with Crippen molar-refractivity contribution in [3.63, 3.8) is 0 Å². The van der Waals surface area contributed by atoms with E-state index < -0.39 is 0 Å². The number of aromatic nitrogens is 2. The van der Waals surface area contributed by atoms with Crippen LogP contribution in [0.25, 0.3) is 44.1 Å². The van der Waals surface area contributed by atoms with Gasteiger partial charge in [0.25, 0.3) is 0 Å². The van der Waals surface area contributed by atoms with Gasteiger partial charge in [0.15, 0.2) is 5.78 Å². The molecule has 0 aliphatic heterocycles. The average Bonchev–Trinajstić information content (AvgIpc) is 3.04. The number of aliphatic hydroxyl groups excluding tert-OH is 1. The van der Waals surface area contributed by atoms with Gasteiger partial charge in [-0.25, -0.2) is 4.98 Å². The Bertz CT molecular complexity index is 1820. The summed E-state index contributed by atoms with van der Waals surface area (Å²) in [6.07, 6.45) is 6.59. The number of ketones is 1. The molecule has 0 spiro atoms. The Hall–Kier alpha value is -3.66. The number of allylic oxidation sites excluding steroid dienone is 2. The van der Waals surface area contributed by atoms with Crippen LogP contribution in [0.1, 0.15) is 78.4 Å². The largest absolute Gasteiger partial charge is 0.512 e. The zero-order valence-corrected chi connectivity index (χ0v) is 29.5. The normalized spacial score (nSPS) is 13.3. The van der Waals surface area contributed by atoms with E-state index in [-0.39, 0.29) is 48.9 Å². The van der Waals surface area contributed by atoms with E-state index in [2.05, 4.69) is 97.7 Å². The molecule has 4 nitrogen and oxygen atoms in total. The van der Waals surface area contributed by atoms with E-state index in [9.17, 15) is 9.90 Å². The smallest absolute Gasteiger partial charge is 0.162 e. The van der Waals surface area contributed by atoms with Gasteiger partial charge < -0.3 is 5.11 Å². The molecule has 6 rings (SSSR count). The standard InChI is InChI=1S/C27H19N2.C13H24O2.Ir/c1-27(2)22-14-19(17-8-4-3-5-9-17)15-23-24(22)26(29-16-28-23)21-13-12-18-10-6-7-11-20(18)25(21)27;1-5-10(6-2)12(14)9-13(15)11(7-3)8-4;/h3-12,14-16H,1-2H3;9-11,14H,5-8H2,1-4H3;/q-1;;/b;12-9-;. The monoisotopic (exact) mass is 776 g/mol. The van der Waals surface area contributed by atoms with Crippen molar-refractivity contribution >= 4 is 27.5 Å². The molecule has 0 bridgehead atoms. The summed E-state index contributed by atoms with van der Waals surface area (Å²) in [5.41, 5.74) is 7.87. The first kappa shape index (κ1) is 34.2. The van der Waals surface area contributed by atoms with Crippen LogP contribution < -0.4 is 0 Å². The van der Waals surface area contributed by atoms with E-state index in [0.717, 1.165) is 47.8 Å². The van der Waals surface area contributed by atoms with Crippen LogP contribution in [0.5, 0.6) is 0 Å². The van der Waals surface area contributed by atoms with Gasteiger partial charge in [-0.2, -0.15) is 0 Å². The summed E-state index contributed by atoms with van der Waals surface area (Å²) in [7, 11) is 0. The van der Waals surface area contributed by atoms with Crippen molar-refractivity contribution in [2.45, 2.75) is 72.6 Å². The van der Waals surface area contributed by atoms with Gasteiger partial charge in [-0.1, -0.05) is 113 Å². The Morgan fingerprint density at radius 2 is 1.51 bits per heavy atom. The third-order valence-electron chi connectivity index (χ3n) is 9.31. The predicted octanol–water partition coefficient (Wildman–Crippen LogP) is 10.4. The van der Waals surface area contributed by atoms with E-state index in [0.29, 0.717) is 0 Å². The number of benzene rings is 4. The van der Waals surface area contributed by atoms with E-state index in [4.69, 9.17) is 4.98 Å². The van der Waals surface area contributed by atoms with Crippen molar-refractivity contribution in [2.75, 3.05) is 0 Å². The maximum atomic E-state index is 11.7. The van der Waals surface area contributed by atoms with Crippen LogP contribution in [0.15, 0.2) is 91.0 Å². The van der Waals surface area contributed by atoms with E-state index in [1.54, 1.807) is 6.33 Å². The van der Waals surface area contributed by atoms with Gasteiger partial charge in [0, 0.05) is 38.0 Å². The SMILES string of the molecule is CC1(C)c2c([c-]cc3ccccc23)-c2ncnc3cc(-c4ccccc4)cc1c23.CCC(CC)C(=O)/C=C(\O)C(CC)CC.[Ir]. The summed E-state index contributed by atoms with van der Waals surface area (Å²) in [5.74, 6) is 0.547. The number of fused-ring (bicyclic) bond motifs is 4. The fourth-order valence-electron chi connectivity index (χ4n) is 6.63. The minimum Gasteiger partial charge on any atom is -0.512 e. The number of rotatable bonds is 8. The molecule has 0 unspecified atom stereocenters. The van der Waals surface area contributed by atoms with E-state index >= 15 is 0 Å². The van der Waals surface area contributed by atoms with Crippen molar-refractivity contribution in [1.82, 2.24) is 9.97 Å². The van der Waals surface area contributed by atoms with Crippen molar-refractivity contribution in [1.29, 1.82) is 0 Å². The number of aliphatic hydroxyl groups is 1. The van der Waals surface area contributed by atoms with Gasteiger partial charge in [0.2, 0.25) is 0 Å². The first-order chi connectivity index (χ1) is 21.2. The molecule has 0 amide bonds. The number of hydrogen-bond acceptors (Lipinski definition) is 4. The number of nitrogens with zero attached hydrogens (tertiary/aromatic N) is 2. The molecular formula is C40H43IrN2O2-. The van der Waals surface area contributed by atoms with Crippen LogP contribution >= 0.6 is 0 Å². The quantitative estimate of drug-likeness (QED) is 0.0969. The summed E-state index contributed by atoms with van der Waals surface area (Å²) >= 11 is 0. The van der Waals surface area contributed by atoms with Crippen LogP contribution in [0.2, 0.25) is 0 Å². The molecule has 0 saturated carbocycles. The molecule has 235 valence electrons.